The summed E-state index contributed by atoms with van der Waals surface area (Å²) >= 11 is 1.65. The standard InChI is InChI=1S/C11H17N3O2S/c1-8(10(15)13-11(16)12-2)14(3)7-9-5-4-6-17-9/h4-6,8H,7H2,1-3H3,(H2,12,13,15,16)/t8-/m0/s1. The Bertz CT molecular complexity index is 378. The first kappa shape index (κ1) is 13.7. The molecule has 94 valence electrons. The van der Waals surface area contributed by atoms with Gasteiger partial charge in [0, 0.05) is 18.5 Å². The summed E-state index contributed by atoms with van der Waals surface area (Å²) in [7, 11) is 3.33. The average Bonchev–Trinajstić information content (AvgIpc) is 2.80. The summed E-state index contributed by atoms with van der Waals surface area (Å²) in [5.74, 6) is -0.302. The Labute approximate surface area is 105 Å². The molecule has 0 radical (unpaired) electrons. The smallest absolute Gasteiger partial charge is 0.321 e. The Morgan fingerprint density at radius 3 is 2.76 bits per heavy atom. The largest absolute Gasteiger partial charge is 0.341 e. The molecule has 0 saturated heterocycles. The van der Waals surface area contributed by atoms with Crippen molar-refractivity contribution in [3.05, 3.63) is 22.4 Å². The second kappa shape index (κ2) is 6.36. The monoisotopic (exact) mass is 255 g/mol. The van der Waals surface area contributed by atoms with E-state index in [-0.39, 0.29) is 11.9 Å². The molecule has 3 amide bonds. The van der Waals surface area contributed by atoms with Gasteiger partial charge in [-0.15, -0.1) is 11.3 Å². The van der Waals surface area contributed by atoms with E-state index in [1.54, 1.807) is 18.3 Å². The zero-order valence-corrected chi connectivity index (χ0v) is 11.0. The molecule has 1 atom stereocenters. The van der Waals surface area contributed by atoms with Gasteiger partial charge in [0.2, 0.25) is 5.91 Å². The van der Waals surface area contributed by atoms with Gasteiger partial charge >= 0.3 is 6.03 Å². The van der Waals surface area contributed by atoms with Crippen LogP contribution in [0.25, 0.3) is 0 Å². The molecule has 2 N–H and O–H groups in total. The van der Waals surface area contributed by atoms with Crippen molar-refractivity contribution in [1.82, 2.24) is 15.5 Å². The second-order valence-corrected chi connectivity index (χ2v) is 4.77. The number of hydrogen-bond acceptors (Lipinski definition) is 4. The Morgan fingerprint density at radius 1 is 1.53 bits per heavy atom. The zero-order chi connectivity index (χ0) is 12.8. The average molecular weight is 255 g/mol. The number of urea groups is 1. The van der Waals surface area contributed by atoms with Gasteiger partial charge in [0.15, 0.2) is 0 Å². The predicted molar refractivity (Wildman–Crippen MR) is 67.8 cm³/mol. The van der Waals surface area contributed by atoms with Crippen LogP contribution in [0.5, 0.6) is 0 Å². The first-order valence-corrected chi connectivity index (χ1v) is 6.17. The maximum absolute atomic E-state index is 11.7. The van der Waals surface area contributed by atoms with Crippen molar-refractivity contribution in [2.24, 2.45) is 0 Å². The summed E-state index contributed by atoms with van der Waals surface area (Å²) in [4.78, 5) is 25.8. The van der Waals surface area contributed by atoms with Crippen LogP contribution in [0.3, 0.4) is 0 Å². The van der Waals surface area contributed by atoms with Crippen LogP contribution in [0.1, 0.15) is 11.8 Å². The molecule has 0 fully saturated rings. The highest BCUT2D eigenvalue weighted by atomic mass is 32.1. The van der Waals surface area contributed by atoms with Gasteiger partial charge in [0.25, 0.3) is 0 Å². The highest BCUT2D eigenvalue weighted by molar-refractivity contribution is 7.09. The number of rotatable bonds is 4. The SMILES string of the molecule is CNC(=O)NC(=O)[C@H](C)N(C)Cc1cccs1. The van der Waals surface area contributed by atoms with E-state index in [0.29, 0.717) is 6.54 Å². The third-order valence-electron chi connectivity index (χ3n) is 2.49. The Balaban J connectivity index is 2.48. The lowest BCUT2D eigenvalue weighted by molar-refractivity contribution is -0.124. The number of likely N-dealkylation sites (N-methyl/N-ethyl adjacent to an activating group) is 1. The first-order chi connectivity index (χ1) is 8.04. The molecule has 0 spiro atoms. The first-order valence-electron chi connectivity index (χ1n) is 5.29. The lowest BCUT2D eigenvalue weighted by atomic mass is 10.2. The van der Waals surface area contributed by atoms with Crippen molar-refractivity contribution in [2.75, 3.05) is 14.1 Å². The summed E-state index contributed by atoms with van der Waals surface area (Å²) in [6, 6.07) is 3.16. The van der Waals surface area contributed by atoms with Crippen LogP contribution in [-0.4, -0.2) is 37.0 Å². The topological polar surface area (TPSA) is 61.4 Å². The number of nitrogens with one attached hydrogen (secondary N) is 2. The maximum Gasteiger partial charge on any atom is 0.321 e. The highest BCUT2D eigenvalue weighted by Crippen LogP contribution is 2.12. The minimum Gasteiger partial charge on any atom is -0.341 e. The number of carbonyl (C=O) groups is 2. The number of hydrogen-bond donors (Lipinski definition) is 2. The van der Waals surface area contributed by atoms with Crippen molar-refractivity contribution in [3.63, 3.8) is 0 Å². The molecule has 0 aromatic carbocycles. The molecule has 0 aliphatic rings. The van der Waals surface area contributed by atoms with Gasteiger partial charge in [0.1, 0.15) is 0 Å². The molecular formula is C11H17N3O2S. The molecule has 0 aliphatic heterocycles. The molecule has 1 heterocycles. The van der Waals surface area contributed by atoms with Crippen LogP contribution in [-0.2, 0) is 11.3 Å². The van der Waals surface area contributed by atoms with E-state index in [4.69, 9.17) is 0 Å². The molecule has 0 bridgehead atoms. The van der Waals surface area contributed by atoms with Crippen LogP contribution in [0.15, 0.2) is 17.5 Å². The van der Waals surface area contributed by atoms with Crippen LogP contribution in [0, 0.1) is 0 Å². The lowest BCUT2D eigenvalue weighted by Crippen LogP contribution is -2.47. The van der Waals surface area contributed by atoms with Gasteiger partial charge in [-0.1, -0.05) is 6.07 Å². The minimum absolute atomic E-state index is 0.302. The van der Waals surface area contributed by atoms with E-state index in [1.165, 1.54) is 11.9 Å². The van der Waals surface area contributed by atoms with Gasteiger partial charge in [-0.3, -0.25) is 15.0 Å². The zero-order valence-electron chi connectivity index (χ0n) is 10.2. The van der Waals surface area contributed by atoms with E-state index in [9.17, 15) is 9.59 Å². The van der Waals surface area contributed by atoms with Crippen LogP contribution < -0.4 is 10.6 Å². The number of amides is 3. The molecule has 1 aromatic rings. The van der Waals surface area contributed by atoms with Crippen LogP contribution >= 0.6 is 11.3 Å². The fourth-order valence-corrected chi connectivity index (χ4v) is 2.03. The quantitative estimate of drug-likeness (QED) is 0.844. The Morgan fingerprint density at radius 2 is 2.24 bits per heavy atom. The molecule has 0 unspecified atom stereocenters. The molecule has 1 aromatic heterocycles. The molecule has 1 rings (SSSR count). The van der Waals surface area contributed by atoms with Crippen molar-refractivity contribution < 1.29 is 9.59 Å². The number of nitrogens with zero attached hydrogens (tertiary/aromatic N) is 1. The summed E-state index contributed by atoms with van der Waals surface area (Å²) in [6.45, 7) is 2.46. The fraction of sp³-hybridized carbons (Fsp3) is 0.455. The predicted octanol–water partition coefficient (Wildman–Crippen LogP) is 1.02. The van der Waals surface area contributed by atoms with Gasteiger partial charge in [-0.05, 0) is 25.4 Å². The molecule has 5 nitrogen and oxygen atoms in total. The number of imide groups is 1. The highest BCUT2D eigenvalue weighted by Gasteiger charge is 2.19. The molecular weight excluding hydrogens is 238 g/mol. The number of thiophene rings is 1. The van der Waals surface area contributed by atoms with Gasteiger partial charge in [-0.25, -0.2) is 4.79 Å². The third-order valence-corrected chi connectivity index (χ3v) is 3.35. The van der Waals surface area contributed by atoms with Crippen molar-refractivity contribution >= 4 is 23.3 Å². The minimum atomic E-state index is -0.480. The van der Waals surface area contributed by atoms with E-state index in [0.717, 1.165) is 0 Å². The van der Waals surface area contributed by atoms with E-state index in [1.807, 2.05) is 29.5 Å². The Kier molecular flexibility index (Phi) is 5.11. The van der Waals surface area contributed by atoms with E-state index < -0.39 is 6.03 Å². The number of carbonyl (C=O) groups excluding carboxylic acids is 2. The fourth-order valence-electron chi connectivity index (χ4n) is 1.26. The van der Waals surface area contributed by atoms with Crippen LogP contribution in [0.4, 0.5) is 4.79 Å². The summed E-state index contributed by atoms with van der Waals surface area (Å²) in [5, 5.41) is 6.61. The van der Waals surface area contributed by atoms with Crippen molar-refractivity contribution in [1.29, 1.82) is 0 Å². The molecule has 0 saturated carbocycles. The summed E-state index contributed by atoms with van der Waals surface area (Å²) in [6.07, 6.45) is 0. The third kappa shape index (κ3) is 4.16. The molecule has 0 aliphatic carbocycles. The molecule has 6 heteroatoms. The van der Waals surface area contributed by atoms with Gasteiger partial charge in [-0.2, -0.15) is 0 Å². The van der Waals surface area contributed by atoms with Crippen molar-refractivity contribution in [2.45, 2.75) is 19.5 Å². The van der Waals surface area contributed by atoms with E-state index in [2.05, 4.69) is 10.6 Å². The Hall–Kier alpha value is -1.40. The van der Waals surface area contributed by atoms with Gasteiger partial charge < -0.3 is 5.32 Å². The lowest BCUT2D eigenvalue weighted by Gasteiger charge is -2.22. The second-order valence-electron chi connectivity index (χ2n) is 3.74. The molecule has 17 heavy (non-hydrogen) atoms. The van der Waals surface area contributed by atoms with Crippen molar-refractivity contribution in [3.8, 4) is 0 Å². The maximum atomic E-state index is 11.7. The van der Waals surface area contributed by atoms with Gasteiger partial charge in [0.05, 0.1) is 6.04 Å². The van der Waals surface area contributed by atoms with Crippen LogP contribution in [0.2, 0.25) is 0 Å². The normalized spacial score (nSPS) is 12.2. The summed E-state index contributed by atoms with van der Waals surface area (Å²) < 4.78 is 0. The van der Waals surface area contributed by atoms with E-state index >= 15 is 0 Å². The summed E-state index contributed by atoms with van der Waals surface area (Å²) in [5.41, 5.74) is 0.